The van der Waals surface area contributed by atoms with E-state index in [0.717, 1.165) is 14.6 Å². The van der Waals surface area contributed by atoms with Crippen LogP contribution in [0.4, 0.5) is 0 Å². The van der Waals surface area contributed by atoms with Crippen LogP contribution in [0.25, 0.3) is 0 Å². The summed E-state index contributed by atoms with van der Waals surface area (Å²) in [5.74, 6) is -0.0857. The number of hydrogen-bond acceptors (Lipinski definition) is 6. The summed E-state index contributed by atoms with van der Waals surface area (Å²) in [4.78, 5) is 13.9. The van der Waals surface area contributed by atoms with Gasteiger partial charge in [0.2, 0.25) is 5.91 Å². The Kier molecular flexibility index (Phi) is 6.83. The molecule has 9 heteroatoms. The number of amides is 1. The van der Waals surface area contributed by atoms with Gasteiger partial charge in [-0.1, -0.05) is 12.1 Å². The maximum atomic E-state index is 13.3. The van der Waals surface area contributed by atoms with Crippen LogP contribution in [-0.4, -0.2) is 25.2 Å². The Morgan fingerprint density at radius 1 is 1.00 bits per heavy atom. The lowest BCUT2D eigenvalue weighted by Gasteiger charge is -2.20. The zero-order valence-electron chi connectivity index (χ0n) is 14.8. The van der Waals surface area contributed by atoms with Crippen molar-refractivity contribution in [2.45, 2.75) is 30.6 Å². The first-order valence-electron chi connectivity index (χ1n) is 8.33. The van der Waals surface area contributed by atoms with E-state index in [1.54, 1.807) is 28.7 Å². The second-order valence-corrected chi connectivity index (χ2v) is 11.3. The predicted octanol–water partition coefficient (Wildman–Crippen LogP) is 3.94. The smallest absolute Gasteiger partial charge is 0.253 e. The molecule has 0 spiro atoms. The van der Waals surface area contributed by atoms with Gasteiger partial charge in [0.25, 0.3) is 10.0 Å². The highest BCUT2D eigenvalue weighted by Gasteiger charge is 2.27. The minimum absolute atomic E-state index is 0.0857. The number of nitrogens with zero attached hydrogens (tertiary/aromatic N) is 1. The number of sulfonamides is 1. The van der Waals surface area contributed by atoms with Crippen LogP contribution in [0.5, 0.6) is 0 Å². The first-order chi connectivity index (χ1) is 12.9. The van der Waals surface area contributed by atoms with Crippen LogP contribution in [0.2, 0.25) is 0 Å². The molecule has 3 aromatic rings. The summed E-state index contributed by atoms with van der Waals surface area (Å²) in [5.41, 5.74) is 0. The Hall–Kier alpha value is -1.52. The Balaban J connectivity index is 1.79. The largest absolute Gasteiger partial charge is 0.356 e. The Bertz CT molecular complexity index is 924. The van der Waals surface area contributed by atoms with E-state index in [1.807, 2.05) is 41.1 Å². The fourth-order valence-corrected chi connectivity index (χ4v) is 7.01. The molecule has 1 N–H and O–H groups in total. The Labute approximate surface area is 171 Å². The molecule has 0 aromatic carbocycles. The normalized spacial score (nSPS) is 11.8. The first-order valence-corrected chi connectivity index (χ1v) is 12.3. The van der Waals surface area contributed by atoms with Gasteiger partial charge in [0.1, 0.15) is 4.21 Å². The van der Waals surface area contributed by atoms with E-state index in [4.69, 9.17) is 0 Å². The van der Waals surface area contributed by atoms with Gasteiger partial charge >= 0.3 is 0 Å². The van der Waals surface area contributed by atoms with E-state index < -0.39 is 10.0 Å². The molecule has 5 nitrogen and oxygen atoms in total. The van der Waals surface area contributed by atoms with Crippen molar-refractivity contribution in [1.29, 1.82) is 0 Å². The van der Waals surface area contributed by atoms with Gasteiger partial charge in [-0.05, 0) is 41.4 Å². The van der Waals surface area contributed by atoms with E-state index in [1.165, 1.54) is 22.6 Å². The van der Waals surface area contributed by atoms with Crippen LogP contribution in [0.15, 0.2) is 51.4 Å². The molecular weight excluding hydrogens is 420 g/mol. The zero-order valence-corrected chi connectivity index (χ0v) is 18.0. The van der Waals surface area contributed by atoms with Gasteiger partial charge in [-0.15, -0.1) is 34.0 Å². The molecule has 0 unspecified atom stereocenters. The van der Waals surface area contributed by atoms with E-state index in [-0.39, 0.29) is 5.91 Å². The molecule has 1 amide bonds. The highest BCUT2D eigenvalue weighted by Crippen LogP contribution is 2.29. The standard InChI is InChI=1S/C18H20N2O3S4/c1-14(21)19-9-8-15-6-7-18(26-15)27(22,23)20(12-16-4-2-10-24-16)13-17-5-3-11-25-17/h2-7,10-11H,8-9,12-13H2,1H3,(H,19,21). The minimum Gasteiger partial charge on any atom is -0.356 e. The van der Waals surface area contributed by atoms with Gasteiger partial charge in [0.05, 0.1) is 0 Å². The number of hydrogen-bond donors (Lipinski definition) is 1. The molecule has 3 rings (SSSR count). The van der Waals surface area contributed by atoms with Crippen LogP contribution in [0.1, 0.15) is 21.6 Å². The van der Waals surface area contributed by atoms with Crippen molar-refractivity contribution >= 4 is 49.9 Å². The van der Waals surface area contributed by atoms with Crippen molar-refractivity contribution in [2.24, 2.45) is 0 Å². The number of carbonyl (C=O) groups is 1. The van der Waals surface area contributed by atoms with Crippen molar-refractivity contribution in [1.82, 2.24) is 9.62 Å². The lowest BCUT2D eigenvalue weighted by atomic mass is 10.3. The summed E-state index contributed by atoms with van der Waals surface area (Å²) in [6, 6.07) is 11.3. The Morgan fingerprint density at radius 3 is 2.15 bits per heavy atom. The second-order valence-electron chi connectivity index (χ2n) is 5.89. The molecule has 0 saturated heterocycles. The molecule has 0 radical (unpaired) electrons. The lowest BCUT2D eigenvalue weighted by Crippen LogP contribution is -2.29. The molecular formula is C18H20N2O3S4. The summed E-state index contributed by atoms with van der Waals surface area (Å²) in [7, 11) is -3.60. The summed E-state index contributed by atoms with van der Waals surface area (Å²) in [6.07, 6.45) is 0.621. The molecule has 144 valence electrons. The van der Waals surface area contributed by atoms with Gasteiger partial charge in [-0.25, -0.2) is 8.42 Å². The number of thiophene rings is 3. The summed E-state index contributed by atoms with van der Waals surface area (Å²) >= 11 is 4.38. The molecule has 0 aliphatic rings. The highest BCUT2D eigenvalue weighted by atomic mass is 32.2. The molecule has 0 aliphatic heterocycles. The molecule has 0 bridgehead atoms. The van der Waals surface area contributed by atoms with E-state index in [9.17, 15) is 13.2 Å². The molecule has 0 saturated carbocycles. The summed E-state index contributed by atoms with van der Waals surface area (Å²) in [5, 5.41) is 6.64. The zero-order chi connectivity index (χ0) is 19.3. The summed E-state index contributed by atoms with van der Waals surface area (Å²) < 4.78 is 28.4. The number of rotatable bonds is 9. The van der Waals surface area contributed by atoms with Crippen molar-refractivity contribution in [3.05, 3.63) is 61.8 Å². The van der Waals surface area contributed by atoms with Gasteiger partial charge in [0.15, 0.2) is 0 Å². The van der Waals surface area contributed by atoms with Crippen molar-refractivity contribution < 1.29 is 13.2 Å². The van der Waals surface area contributed by atoms with Crippen molar-refractivity contribution in [3.8, 4) is 0 Å². The maximum absolute atomic E-state index is 13.3. The van der Waals surface area contributed by atoms with Gasteiger partial charge in [-0.3, -0.25) is 4.79 Å². The lowest BCUT2D eigenvalue weighted by molar-refractivity contribution is -0.118. The maximum Gasteiger partial charge on any atom is 0.253 e. The molecule has 0 fully saturated rings. The SMILES string of the molecule is CC(=O)NCCc1ccc(S(=O)(=O)N(Cc2cccs2)Cc2cccs2)s1. The second kappa shape index (κ2) is 9.11. The highest BCUT2D eigenvalue weighted by molar-refractivity contribution is 7.91. The van der Waals surface area contributed by atoms with Gasteiger partial charge in [-0.2, -0.15) is 4.31 Å². The minimum atomic E-state index is -3.60. The van der Waals surface area contributed by atoms with E-state index in [0.29, 0.717) is 30.3 Å². The third kappa shape index (κ3) is 5.49. The third-order valence-corrected chi connectivity index (χ3v) is 8.93. The average Bonchev–Trinajstić information content (AvgIpc) is 3.37. The average molecular weight is 441 g/mol. The van der Waals surface area contributed by atoms with Crippen LogP contribution in [-0.2, 0) is 34.3 Å². The first kappa shape index (κ1) is 20.2. The third-order valence-electron chi connectivity index (χ3n) is 3.80. The fourth-order valence-electron chi connectivity index (χ4n) is 2.50. The van der Waals surface area contributed by atoms with Crippen LogP contribution < -0.4 is 5.32 Å². The van der Waals surface area contributed by atoms with Crippen molar-refractivity contribution in [3.63, 3.8) is 0 Å². The summed E-state index contributed by atoms with van der Waals surface area (Å²) in [6.45, 7) is 2.69. The Morgan fingerprint density at radius 2 is 1.63 bits per heavy atom. The molecule has 0 atom stereocenters. The number of carbonyl (C=O) groups excluding carboxylic acids is 1. The molecule has 3 aromatic heterocycles. The monoisotopic (exact) mass is 440 g/mol. The van der Waals surface area contributed by atoms with Crippen LogP contribution in [0.3, 0.4) is 0 Å². The van der Waals surface area contributed by atoms with Crippen LogP contribution in [0, 0.1) is 0 Å². The topological polar surface area (TPSA) is 66.5 Å². The number of nitrogens with one attached hydrogen (secondary N) is 1. The van der Waals surface area contributed by atoms with E-state index >= 15 is 0 Å². The quantitative estimate of drug-likeness (QED) is 0.548. The van der Waals surface area contributed by atoms with E-state index in [2.05, 4.69) is 5.32 Å². The fraction of sp³-hybridized carbons (Fsp3) is 0.278. The molecule has 3 heterocycles. The van der Waals surface area contributed by atoms with Crippen LogP contribution >= 0.6 is 34.0 Å². The molecule has 0 aliphatic carbocycles. The van der Waals surface area contributed by atoms with Gasteiger partial charge < -0.3 is 5.32 Å². The predicted molar refractivity (Wildman–Crippen MR) is 112 cm³/mol. The van der Waals surface area contributed by atoms with Gasteiger partial charge in [0, 0.05) is 41.2 Å². The molecule has 27 heavy (non-hydrogen) atoms. The van der Waals surface area contributed by atoms with Crippen molar-refractivity contribution in [2.75, 3.05) is 6.54 Å².